The summed E-state index contributed by atoms with van der Waals surface area (Å²) in [5.41, 5.74) is 3.68. The van der Waals surface area contributed by atoms with Gasteiger partial charge in [0.05, 0.1) is 25.4 Å². The highest BCUT2D eigenvalue weighted by molar-refractivity contribution is 5.87. The Morgan fingerprint density at radius 1 is 1.03 bits per heavy atom. The monoisotopic (exact) mass is 500 g/mol. The number of esters is 1. The normalized spacial score (nSPS) is 11.1. The first-order valence-electron chi connectivity index (χ1n) is 11.9. The number of carbonyl (C=O) groups excluding carboxylic acids is 2. The van der Waals surface area contributed by atoms with Crippen LogP contribution in [0.5, 0.6) is 0 Å². The predicted molar refractivity (Wildman–Crippen MR) is 139 cm³/mol. The smallest absolute Gasteiger partial charge is 0.335 e. The van der Waals surface area contributed by atoms with Gasteiger partial charge in [0.1, 0.15) is 18.7 Å². The molecule has 1 atom stereocenters. The van der Waals surface area contributed by atoms with E-state index in [1.54, 1.807) is 13.2 Å². The maximum absolute atomic E-state index is 14.5. The van der Waals surface area contributed by atoms with E-state index in [-0.39, 0.29) is 36.1 Å². The summed E-state index contributed by atoms with van der Waals surface area (Å²) in [5.74, 6) is -0.942. The summed E-state index contributed by atoms with van der Waals surface area (Å²) in [6.07, 6.45) is 4.51. The molecule has 0 aromatic heterocycles. The second-order valence-corrected chi connectivity index (χ2v) is 8.33. The minimum Gasteiger partial charge on any atom is -0.462 e. The van der Waals surface area contributed by atoms with Gasteiger partial charge in [-0.3, -0.25) is 4.79 Å². The first-order valence-corrected chi connectivity index (χ1v) is 11.9. The van der Waals surface area contributed by atoms with Gasteiger partial charge in [-0.1, -0.05) is 69.3 Å². The Balaban J connectivity index is 0.000000960. The average molecular weight is 501 g/mol. The van der Waals surface area contributed by atoms with Gasteiger partial charge < -0.3 is 19.7 Å². The molecule has 2 rings (SSSR count). The summed E-state index contributed by atoms with van der Waals surface area (Å²) in [7, 11) is 1.58. The summed E-state index contributed by atoms with van der Waals surface area (Å²) < 4.78 is 24.9. The van der Waals surface area contributed by atoms with Crippen LogP contribution in [0.4, 0.5) is 4.39 Å². The number of benzene rings is 2. The van der Waals surface area contributed by atoms with Crippen LogP contribution in [0.3, 0.4) is 0 Å². The molecule has 196 valence electrons. The first-order chi connectivity index (χ1) is 17.3. The van der Waals surface area contributed by atoms with E-state index in [4.69, 9.17) is 19.7 Å². The Kier molecular flexibility index (Phi) is 14.9. The van der Waals surface area contributed by atoms with E-state index >= 15 is 0 Å². The van der Waals surface area contributed by atoms with E-state index in [9.17, 15) is 14.0 Å². The minimum absolute atomic E-state index is 0.0154. The van der Waals surface area contributed by atoms with Gasteiger partial charge in [-0.05, 0) is 41.2 Å². The molecule has 2 N–H and O–H groups in total. The van der Waals surface area contributed by atoms with Crippen molar-refractivity contribution in [3.63, 3.8) is 0 Å². The molecule has 36 heavy (non-hydrogen) atoms. The molecule has 0 aliphatic heterocycles. The lowest BCUT2D eigenvalue weighted by Gasteiger charge is -2.17. The lowest BCUT2D eigenvalue weighted by atomic mass is 9.96. The molecule has 2 aromatic rings. The quantitative estimate of drug-likeness (QED) is 0.168. The van der Waals surface area contributed by atoms with Crippen LogP contribution in [0.15, 0.2) is 66.8 Å². The third-order valence-electron chi connectivity index (χ3n) is 5.45. The molecule has 7 heteroatoms. The molecule has 0 amide bonds. The van der Waals surface area contributed by atoms with Gasteiger partial charge in [0.2, 0.25) is 0 Å². The van der Waals surface area contributed by atoms with E-state index in [1.807, 2.05) is 36.4 Å². The van der Waals surface area contributed by atoms with Crippen molar-refractivity contribution in [2.24, 2.45) is 0 Å². The van der Waals surface area contributed by atoms with E-state index < -0.39 is 12.6 Å². The zero-order chi connectivity index (χ0) is 26.9. The summed E-state index contributed by atoms with van der Waals surface area (Å²) in [4.78, 5) is 21.2. The summed E-state index contributed by atoms with van der Waals surface area (Å²) in [5, 5.41) is 17.0. The van der Waals surface area contributed by atoms with Crippen LogP contribution in [0.25, 0.3) is 11.1 Å². The van der Waals surface area contributed by atoms with E-state index in [2.05, 4.69) is 20.1 Å². The molecule has 0 saturated carbocycles. The van der Waals surface area contributed by atoms with Crippen LogP contribution in [-0.2, 0) is 25.5 Å². The number of hydrogen-bond donors (Lipinski definition) is 2. The van der Waals surface area contributed by atoms with Crippen molar-refractivity contribution in [2.75, 3.05) is 33.5 Å². The van der Waals surface area contributed by atoms with Gasteiger partial charge in [-0.25, -0.2) is 9.18 Å². The van der Waals surface area contributed by atoms with Crippen molar-refractivity contribution >= 4 is 12.3 Å². The average Bonchev–Trinajstić information content (AvgIpc) is 2.91. The summed E-state index contributed by atoms with van der Waals surface area (Å²) in [6.45, 7) is 8.60. The Hall–Kier alpha value is -3.13. The Morgan fingerprint density at radius 3 is 2.19 bits per heavy atom. The second kappa shape index (κ2) is 17.3. The van der Waals surface area contributed by atoms with Gasteiger partial charge in [0, 0.05) is 18.6 Å². The standard InChI is InChI=1S/C25H31FO4.C4H6O2/c1-4-5-6-7-21-12-13-22(14-24(21)26)19-8-10-20(11-9-19)23(16-29-3)17-30-25(28)18(2)15-27;1-4(2-5)3-6/h8-14,23,27H,2,4-7,15-17H2,1,3H3;2,6H,1,3H2. The number of aryl methyl sites for hydroxylation is 1. The molecular weight excluding hydrogens is 463 g/mol. The maximum Gasteiger partial charge on any atom is 0.335 e. The Bertz CT molecular complexity index is 984. The number of carbonyl (C=O) groups is 2. The van der Waals surface area contributed by atoms with Crippen LogP contribution < -0.4 is 0 Å². The van der Waals surface area contributed by atoms with Crippen LogP contribution in [0.1, 0.15) is 43.2 Å². The van der Waals surface area contributed by atoms with Gasteiger partial charge >= 0.3 is 5.97 Å². The van der Waals surface area contributed by atoms with Gasteiger partial charge in [-0.2, -0.15) is 0 Å². The molecule has 0 spiro atoms. The molecule has 0 aliphatic rings. The number of unbranched alkanes of at least 4 members (excludes halogenated alkanes) is 2. The van der Waals surface area contributed by atoms with Gasteiger partial charge in [0.15, 0.2) is 0 Å². The van der Waals surface area contributed by atoms with E-state index in [1.165, 1.54) is 0 Å². The number of aliphatic hydroxyl groups excluding tert-OH is 2. The van der Waals surface area contributed by atoms with Crippen LogP contribution >= 0.6 is 0 Å². The molecule has 0 radical (unpaired) electrons. The molecular formula is C29H37FO6. The Morgan fingerprint density at radius 2 is 1.69 bits per heavy atom. The zero-order valence-electron chi connectivity index (χ0n) is 21.2. The molecule has 6 nitrogen and oxygen atoms in total. The van der Waals surface area contributed by atoms with Crippen LogP contribution in [0, 0.1) is 5.82 Å². The Labute approximate surface area is 213 Å². The SMILES string of the molecule is C=C(C=O)CO.C=C(CO)C(=O)OCC(COC)c1ccc(-c2ccc(CCCCC)c(F)c2)cc1. The van der Waals surface area contributed by atoms with Crippen LogP contribution in [0.2, 0.25) is 0 Å². The molecule has 0 fully saturated rings. The van der Waals surface area contributed by atoms with E-state index in [0.29, 0.717) is 12.9 Å². The highest BCUT2D eigenvalue weighted by atomic mass is 19.1. The fourth-order valence-corrected chi connectivity index (χ4v) is 3.26. The molecule has 0 bridgehead atoms. The summed E-state index contributed by atoms with van der Waals surface area (Å²) >= 11 is 0. The lowest BCUT2D eigenvalue weighted by Crippen LogP contribution is -2.18. The number of hydrogen-bond acceptors (Lipinski definition) is 6. The molecule has 1 unspecified atom stereocenters. The van der Waals surface area contributed by atoms with E-state index in [0.717, 1.165) is 47.9 Å². The highest BCUT2D eigenvalue weighted by Gasteiger charge is 2.16. The first kappa shape index (κ1) is 30.9. The van der Waals surface area contributed by atoms with Crippen molar-refractivity contribution in [2.45, 2.75) is 38.5 Å². The lowest BCUT2D eigenvalue weighted by molar-refractivity contribution is -0.140. The fourth-order valence-electron chi connectivity index (χ4n) is 3.26. The zero-order valence-corrected chi connectivity index (χ0v) is 21.2. The topological polar surface area (TPSA) is 93.1 Å². The molecule has 2 aromatic carbocycles. The fraction of sp³-hybridized carbons (Fsp3) is 0.379. The molecule has 0 saturated heterocycles. The third-order valence-corrected chi connectivity index (χ3v) is 5.45. The third kappa shape index (κ3) is 10.6. The van der Waals surface area contributed by atoms with Crippen molar-refractivity contribution in [1.82, 2.24) is 0 Å². The molecule has 0 heterocycles. The second-order valence-electron chi connectivity index (χ2n) is 8.33. The number of methoxy groups -OCH3 is 1. The van der Waals surface area contributed by atoms with Crippen molar-refractivity contribution in [3.05, 3.63) is 83.7 Å². The van der Waals surface area contributed by atoms with Gasteiger partial charge in [0.25, 0.3) is 0 Å². The molecule has 0 aliphatic carbocycles. The predicted octanol–water partition coefficient (Wildman–Crippen LogP) is 4.78. The number of aldehydes is 1. The minimum atomic E-state index is -0.621. The summed E-state index contributed by atoms with van der Waals surface area (Å²) in [6, 6.07) is 13.1. The van der Waals surface area contributed by atoms with Crippen molar-refractivity contribution < 1.29 is 33.7 Å². The number of rotatable bonds is 14. The van der Waals surface area contributed by atoms with Crippen molar-refractivity contribution in [1.29, 1.82) is 0 Å². The largest absolute Gasteiger partial charge is 0.462 e. The van der Waals surface area contributed by atoms with Crippen LogP contribution in [-0.4, -0.2) is 56.0 Å². The number of aliphatic hydroxyl groups is 2. The maximum atomic E-state index is 14.5. The number of halogens is 1. The van der Waals surface area contributed by atoms with Gasteiger partial charge in [-0.15, -0.1) is 0 Å². The van der Waals surface area contributed by atoms with Crippen molar-refractivity contribution in [3.8, 4) is 11.1 Å². The number of ether oxygens (including phenoxy) is 2. The highest BCUT2D eigenvalue weighted by Crippen LogP contribution is 2.26.